The Morgan fingerprint density at radius 3 is 2.68 bits per heavy atom. The number of fused-ring (bicyclic) bond motifs is 1. The lowest BCUT2D eigenvalue weighted by Gasteiger charge is -2.33. The molecule has 1 aliphatic heterocycles. The molecule has 3 aromatic heterocycles. The third kappa shape index (κ3) is 3.99. The number of anilines is 2. The first-order valence-electron chi connectivity index (χ1n) is 9.86. The number of piperidine rings is 1. The van der Waals surface area contributed by atoms with E-state index >= 15 is 0 Å². The van der Waals surface area contributed by atoms with Gasteiger partial charge in [-0.3, -0.25) is 4.68 Å². The smallest absolute Gasteiger partial charge is 0.245 e. The normalized spacial score (nSPS) is 22.8. The van der Waals surface area contributed by atoms with Gasteiger partial charge in [0.1, 0.15) is 11.7 Å². The number of hydrogen-bond acceptors (Lipinski definition) is 6. The van der Waals surface area contributed by atoms with E-state index in [0.29, 0.717) is 29.0 Å². The van der Waals surface area contributed by atoms with Crippen molar-refractivity contribution in [3.05, 3.63) is 34.3 Å². The molecule has 166 valence electrons. The van der Waals surface area contributed by atoms with E-state index in [1.165, 1.54) is 4.68 Å². The van der Waals surface area contributed by atoms with Gasteiger partial charge in [0.25, 0.3) is 0 Å². The standard InChI is InChI=1S/C18H20Cl2FN7O2S/c1-31(29,30)26-5-4-14(12(21)8-26)27-9-13(17(20)24-27)23-18-22-7-16-11(19)6-15(10-2-3-10)28(16)25-18/h6-7,9-10,12,14H,2-5,8H2,1H3,(H,23,25)/t12-,14-/m1/s1. The van der Waals surface area contributed by atoms with Crippen molar-refractivity contribution >= 4 is 50.4 Å². The molecule has 0 radical (unpaired) electrons. The minimum Gasteiger partial charge on any atom is -0.319 e. The van der Waals surface area contributed by atoms with Crippen molar-refractivity contribution in [2.24, 2.45) is 0 Å². The number of aromatic nitrogens is 5. The van der Waals surface area contributed by atoms with E-state index in [9.17, 15) is 12.8 Å². The van der Waals surface area contributed by atoms with Crippen molar-refractivity contribution in [1.29, 1.82) is 0 Å². The summed E-state index contributed by atoms with van der Waals surface area (Å²) in [6.45, 7) is 0.0180. The SMILES string of the molecule is CS(=O)(=O)N1CC[C@@H](n2cc(Nc3ncc4c(Cl)cc(C5CC5)n4n3)c(Cl)n2)[C@H](F)C1. The summed E-state index contributed by atoms with van der Waals surface area (Å²) in [6.07, 6.45) is 5.42. The van der Waals surface area contributed by atoms with Crippen LogP contribution in [0.15, 0.2) is 18.5 Å². The van der Waals surface area contributed by atoms with E-state index in [2.05, 4.69) is 20.5 Å². The molecule has 1 saturated heterocycles. The molecule has 3 aromatic rings. The molecule has 9 nitrogen and oxygen atoms in total. The minimum absolute atomic E-state index is 0.148. The van der Waals surface area contributed by atoms with E-state index in [1.54, 1.807) is 16.9 Å². The zero-order valence-corrected chi connectivity index (χ0v) is 18.9. The van der Waals surface area contributed by atoms with E-state index in [4.69, 9.17) is 23.2 Å². The van der Waals surface area contributed by atoms with Gasteiger partial charge in [0, 0.05) is 24.7 Å². The maximum Gasteiger partial charge on any atom is 0.245 e. The predicted octanol–water partition coefficient (Wildman–Crippen LogP) is 3.40. The largest absolute Gasteiger partial charge is 0.319 e. The van der Waals surface area contributed by atoms with Gasteiger partial charge in [0.15, 0.2) is 5.15 Å². The zero-order valence-electron chi connectivity index (χ0n) is 16.5. The van der Waals surface area contributed by atoms with Crippen molar-refractivity contribution < 1.29 is 12.8 Å². The fraction of sp³-hybridized carbons (Fsp3) is 0.500. The predicted molar refractivity (Wildman–Crippen MR) is 115 cm³/mol. The first-order chi connectivity index (χ1) is 14.7. The molecule has 0 aromatic carbocycles. The fourth-order valence-electron chi connectivity index (χ4n) is 3.91. The molecule has 1 N–H and O–H groups in total. The van der Waals surface area contributed by atoms with Crippen LogP contribution in [0.2, 0.25) is 10.2 Å². The van der Waals surface area contributed by atoms with Crippen molar-refractivity contribution in [3.63, 3.8) is 0 Å². The molecule has 2 fully saturated rings. The lowest BCUT2D eigenvalue weighted by molar-refractivity contribution is 0.129. The summed E-state index contributed by atoms with van der Waals surface area (Å²) >= 11 is 12.6. The Morgan fingerprint density at radius 1 is 1.23 bits per heavy atom. The molecule has 13 heteroatoms. The van der Waals surface area contributed by atoms with Crippen LogP contribution in [-0.4, -0.2) is 62.6 Å². The molecular formula is C18H20Cl2FN7O2S. The van der Waals surface area contributed by atoms with E-state index in [-0.39, 0.29) is 18.2 Å². The monoisotopic (exact) mass is 487 g/mol. The molecule has 0 bridgehead atoms. The summed E-state index contributed by atoms with van der Waals surface area (Å²) in [7, 11) is -3.43. The maximum atomic E-state index is 14.7. The van der Waals surface area contributed by atoms with Gasteiger partial charge in [-0.1, -0.05) is 23.2 Å². The highest BCUT2D eigenvalue weighted by atomic mass is 35.5. The third-order valence-electron chi connectivity index (χ3n) is 5.70. The van der Waals surface area contributed by atoms with Gasteiger partial charge < -0.3 is 5.32 Å². The van der Waals surface area contributed by atoms with E-state index in [0.717, 1.165) is 34.6 Å². The fourth-order valence-corrected chi connectivity index (χ4v) is 5.19. The van der Waals surface area contributed by atoms with Crippen molar-refractivity contribution in [2.45, 2.75) is 37.4 Å². The molecule has 1 saturated carbocycles. The Labute approximate surface area is 188 Å². The molecular weight excluding hydrogens is 468 g/mol. The molecule has 2 aliphatic rings. The summed E-state index contributed by atoms with van der Waals surface area (Å²) in [6, 6.07) is 1.31. The Morgan fingerprint density at radius 2 is 2.00 bits per heavy atom. The first kappa shape index (κ1) is 20.9. The Kier molecular flexibility index (Phi) is 5.11. The summed E-state index contributed by atoms with van der Waals surface area (Å²) in [4.78, 5) is 4.30. The number of halogens is 3. The second-order valence-corrected chi connectivity index (χ2v) is 10.7. The van der Waals surface area contributed by atoms with Crippen LogP contribution in [0.25, 0.3) is 5.52 Å². The molecule has 5 rings (SSSR count). The summed E-state index contributed by atoms with van der Waals surface area (Å²) in [5, 5.41) is 12.5. The Hall–Kier alpha value is -1.95. The van der Waals surface area contributed by atoms with Gasteiger partial charge >= 0.3 is 0 Å². The number of hydrogen-bond donors (Lipinski definition) is 1. The van der Waals surface area contributed by atoms with Gasteiger partial charge in [-0.2, -0.15) is 9.40 Å². The van der Waals surface area contributed by atoms with Crippen LogP contribution < -0.4 is 5.32 Å². The average Bonchev–Trinajstić information content (AvgIpc) is 3.42. The van der Waals surface area contributed by atoms with Crippen LogP contribution in [0.4, 0.5) is 16.0 Å². The maximum absolute atomic E-state index is 14.7. The highest BCUT2D eigenvalue weighted by Crippen LogP contribution is 2.42. The zero-order chi connectivity index (χ0) is 21.9. The van der Waals surface area contributed by atoms with Gasteiger partial charge in [0.2, 0.25) is 16.0 Å². The first-order valence-corrected chi connectivity index (χ1v) is 12.5. The second kappa shape index (κ2) is 7.58. The molecule has 31 heavy (non-hydrogen) atoms. The van der Waals surface area contributed by atoms with Crippen LogP contribution in [0.3, 0.4) is 0 Å². The Balaban J connectivity index is 1.37. The topological polar surface area (TPSA) is 97.4 Å². The highest BCUT2D eigenvalue weighted by Gasteiger charge is 2.35. The Bertz CT molecular complexity index is 1260. The summed E-state index contributed by atoms with van der Waals surface area (Å²) in [5.74, 6) is 0.764. The van der Waals surface area contributed by atoms with Crippen LogP contribution >= 0.6 is 23.2 Å². The molecule has 0 spiro atoms. The lowest BCUT2D eigenvalue weighted by atomic mass is 10.1. The molecule has 0 amide bonds. The van der Waals surface area contributed by atoms with Crippen molar-refractivity contribution in [1.82, 2.24) is 28.7 Å². The van der Waals surface area contributed by atoms with Gasteiger partial charge in [-0.15, -0.1) is 5.10 Å². The van der Waals surface area contributed by atoms with Gasteiger partial charge in [-0.05, 0) is 25.3 Å². The van der Waals surface area contributed by atoms with Crippen molar-refractivity contribution in [2.75, 3.05) is 24.7 Å². The van der Waals surface area contributed by atoms with E-state index < -0.39 is 22.2 Å². The van der Waals surface area contributed by atoms with Crippen LogP contribution in [0.1, 0.15) is 36.9 Å². The number of nitrogens with zero attached hydrogens (tertiary/aromatic N) is 6. The number of alkyl halides is 1. The second-order valence-electron chi connectivity index (χ2n) is 8.00. The quantitative estimate of drug-likeness (QED) is 0.592. The van der Waals surface area contributed by atoms with Crippen molar-refractivity contribution in [3.8, 4) is 0 Å². The highest BCUT2D eigenvalue weighted by molar-refractivity contribution is 7.88. The molecule has 1 aliphatic carbocycles. The minimum atomic E-state index is -3.43. The van der Waals surface area contributed by atoms with Crippen LogP contribution in [0.5, 0.6) is 0 Å². The molecule has 2 atom stereocenters. The third-order valence-corrected chi connectivity index (χ3v) is 7.56. The number of rotatable bonds is 5. The van der Waals surface area contributed by atoms with E-state index in [1.807, 2.05) is 6.07 Å². The summed E-state index contributed by atoms with van der Waals surface area (Å²) in [5.41, 5.74) is 2.21. The average molecular weight is 488 g/mol. The number of nitrogens with one attached hydrogen (secondary N) is 1. The van der Waals surface area contributed by atoms with Gasteiger partial charge in [0.05, 0.1) is 35.4 Å². The summed E-state index contributed by atoms with van der Waals surface area (Å²) < 4.78 is 42.4. The molecule has 4 heterocycles. The molecule has 0 unspecified atom stereocenters. The lowest BCUT2D eigenvalue weighted by Crippen LogP contribution is -2.45. The van der Waals surface area contributed by atoms with Crippen LogP contribution in [0, 0.1) is 0 Å². The van der Waals surface area contributed by atoms with Gasteiger partial charge in [-0.25, -0.2) is 22.3 Å². The van der Waals surface area contributed by atoms with Crippen LogP contribution in [-0.2, 0) is 10.0 Å². The number of sulfonamides is 1.